The topological polar surface area (TPSA) is 20.2 Å². The van der Waals surface area contributed by atoms with E-state index >= 15 is 0 Å². The second-order valence-electron chi connectivity index (χ2n) is 5.00. The number of rotatable bonds is 3. The van der Waals surface area contributed by atoms with Crippen molar-refractivity contribution in [1.82, 2.24) is 0 Å². The van der Waals surface area contributed by atoms with Crippen molar-refractivity contribution in [3.8, 4) is 22.3 Å². The quantitative estimate of drug-likeness (QED) is 0.610. The van der Waals surface area contributed by atoms with Gasteiger partial charge in [0.1, 0.15) is 0 Å². The summed E-state index contributed by atoms with van der Waals surface area (Å²) in [5.41, 5.74) is 3.73. The van der Waals surface area contributed by atoms with E-state index in [2.05, 4.69) is 0 Å². The predicted molar refractivity (Wildman–Crippen MR) is 99.2 cm³/mol. The van der Waals surface area contributed by atoms with Crippen LogP contribution < -0.4 is 5.30 Å². The summed E-state index contributed by atoms with van der Waals surface area (Å²) in [6.07, 6.45) is -3.54. The molecule has 3 aromatic carbocycles. The van der Waals surface area contributed by atoms with Gasteiger partial charge in [-0.3, -0.25) is 0 Å². The number of hydrogen-bond acceptors (Lipinski definition) is 1. The second kappa shape index (κ2) is 6.40. The number of halogens is 2. The van der Waals surface area contributed by atoms with Gasteiger partial charge in [0.05, 0.1) is 0 Å². The fourth-order valence-electron chi connectivity index (χ4n) is 2.59. The molecule has 0 fully saturated rings. The van der Waals surface area contributed by atoms with Crippen LogP contribution >= 0.6 is 28.7 Å². The van der Waals surface area contributed by atoms with Crippen LogP contribution in [0.4, 0.5) is 0 Å². The molecule has 0 atom stereocenters. The normalized spacial score (nSPS) is 12.1. The monoisotopic (exact) mass is 348 g/mol. The molecule has 1 nitrogen and oxygen atoms in total. The van der Waals surface area contributed by atoms with E-state index in [1.165, 1.54) is 0 Å². The van der Waals surface area contributed by atoms with Crippen molar-refractivity contribution in [1.29, 1.82) is 0 Å². The van der Waals surface area contributed by atoms with Crippen LogP contribution in [0.2, 0.25) is 0 Å². The molecule has 3 aromatic rings. The minimum absolute atomic E-state index is 0.635. The molecule has 0 aliphatic carbocycles. The van der Waals surface area contributed by atoms with Crippen LogP contribution in [-0.2, 0) is 0 Å². The Morgan fingerprint density at radius 2 is 1.00 bits per heavy atom. The fraction of sp³-hybridized carbons (Fsp3) is 0. The van der Waals surface area contributed by atoms with E-state index in [9.17, 15) is 4.89 Å². The van der Waals surface area contributed by atoms with Crippen molar-refractivity contribution in [3.05, 3.63) is 78.9 Å². The van der Waals surface area contributed by atoms with Gasteiger partial charge in [-0.2, -0.15) is 0 Å². The van der Waals surface area contributed by atoms with E-state index < -0.39 is 6.19 Å². The Hall–Kier alpha value is -1.37. The van der Waals surface area contributed by atoms with Crippen LogP contribution in [0.25, 0.3) is 22.3 Å². The van der Waals surface area contributed by atoms with E-state index in [0.29, 0.717) is 5.30 Å². The number of benzene rings is 3. The van der Waals surface area contributed by atoms with Crippen molar-refractivity contribution in [2.75, 3.05) is 0 Å². The summed E-state index contributed by atoms with van der Waals surface area (Å²) in [5.74, 6) is 0. The molecule has 4 heteroatoms. The van der Waals surface area contributed by atoms with Gasteiger partial charge in [-0.05, 0) is 0 Å². The molecule has 22 heavy (non-hydrogen) atoms. The van der Waals surface area contributed by atoms with Crippen molar-refractivity contribution in [2.24, 2.45) is 0 Å². The van der Waals surface area contributed by atoms with E-state index in [4.69, 9.17) is 22.5 Å². The standard InChI is InChI=1S/C18H15Cl2OP/c19-22(20,21)18-16(14-8-3-1-4-9-14)12-7-13-17(18)15-10-5-2-6-11-15/h1-13,21-22H. The Kier molecular flexibility index (Phi) is 4.52. The zero-order valence-corrected chi connectivity index (χ0v) is 14.2. The van der Waals surface area contributed by atoms with Crippen molar-refractivity contribution in [2.45, 2.75) is 0 Å². The van der Waals surface area contributed by atoms with Gasteiger partial charge in [0, 0.05) is 0 Å². The molecular formula is C18H15Cl2OP. The molecule has 0 saturated carbocycles. The third-order valence-electron chi connectivity index (χ3n) is 3.53. The first kappa shape index (κ1) is 15.5. The van der Waals surface area contributed by atoms with E-state index in [1.807, 2.05) is 78.9 Å². The molecular weight excluding hydrogens is 334 g/mol. The molecule has 0 heterocycles. The van der Waals surface area contributed by atoms with Crippen molar-refractivity contribution in [3.63, 3.8) is 0 Å². The summed E-state index contributed by atoms with van der Waals surface area (Å²) in [6.45, 7) is 0. The zero-order chi connectivity index (χ0) is 15.6. The maximum absolute atomic E-state index is 10.4. The van der Waals surface area contributed by atoms with Crippen LogP contribution in [-0.4, -0.2) is 4.89 Å². The Labute approximate surface area is 140 Å². The predicted octanol–water partition coefficient (Wildman–Crippen LogP) is 5.61. The van der Waals surface area contributed by atoms with Gasteiger partial charge in [0.25, 0.3) is 0 Å². The molecule has 0 amide bonds. The Bertz CT molecular complexity index is 710. The van der Waals surface area contributed by atoms with Crippen molar-refractivity contribution >= 4 is 34.0 Å². The van der Waals surface area contributed by atoms with Gasteiger partial charge < -0.3 is 0 Å². The summed E-state index contributed by atoms with van der Waals surface area (Å²) < 4.78 is 0. The summed E-state index contributed by atoms with van der Waals surface area (Å²) in [6, 6.07) is 25.5. The van der Waals surface area contributed by atoms with E-state index in [1.54, 1.807) is 0 Å². The van der Waals surface area contributed by atoms with Gasteiger partial charge in [0.15, 0.2) is 0 Å². The average molecular weight is 349 g/mol. The third kappa shape index (κ3) is 3.19. The van der Waals surface area contributed by atoms with Crippen LogP contribution in [0.15, 0.2) is 78.9 Å². The summed E-state index contributed by atoms with van der Waals surface area (Å²) in [7, 11) is 0. The Morgan fingerprint density at radius 3 is 1.36 bits per heavy atom. The zero-order valence-electron chi connectivity index (χ0n) is 11.7. The fourth-order valence-corrected chi connectivity index (χ4v) is 4.92. The summed E-state index contributed by atoms with van der Waals surface area (Å²) in [5, 5.41) is 0.635. The third-order valence-corrected chi connectivity index (χ3v) is 5.81. The molecule has 112 valence electrons. The average Bonchev–Trinajstić information content (AvgIpc) is 2.55. The minimum atomic E-state index is -3.54. The van der Waals surface area contributed by atoms with Gasteiger partial charge in [-0.15, -0.1) is 0 Å². The van der Waals surface area contributed by atoms with E-state index in [0.717, 1.165) is 22.3 Å². The van der Waals surface area contributed by atoms with Gasteiger partial charge in [0.2, 0.25) is 0 Å². The summed E-state index contributed by atoms with van der Waals surface area (Å²) in [4.78, 5) is 10.4. The van der Waals surface area contributed by atoms with Gasteiger partial charge in [-0.1, -0.05) is 0 Å². The second-order valence-corrected chi connectivity index (χ2v) is 10.4. The maximum atomic E-state index is 10.4. The van der Waals surface area contributed by atoms with Gasteiger partial charge in [-0.25, -0.2) is 0 Å². The Balaban J connectivity index is 2.29. The molecule has 0 bridgehead atoms. The molecule has 0 aromatic heterocycles. The number of hydrogen-bond donors (Lipinski definition) is 1. The SMILES string of the molecule is O[PH](Cl)(Cl)c1c(-c2ccccc2)cccc1-c1ccccc1. The molecule has 3 rings (SSSR count). The van der Waals surface area contributed by atoms with Crippen LogP contribution in [0.3, 0.4) is 0 Å². The molecule has 0 aliphatic heterocycles. The summed E-state index contributed by atoms with van der Waals surface area (Å²) >= 11 is 12.5. The first-order valence-electron chi connectivity index (χ1n) is 6.92. The van der Waals surface area contributed by atoms with Crippen LogP contribution in [0.5, 0.6) is 0 Å². The molecule has 0 radical (unpaired) electrons. The first-order valence-corrected chi connectivity index (χ1v) is 10.9. The molecule has 0 spiro atoms. The van der Waals surface area contributed by atoms with Crippen molar-refractivity contribution < 1.29 is 4.89 Å². The molecule has 1 N–H and O–H groups in total. The molecule has 0 unspecified atom stereocenters. The van der Waals surface area contributed by atoms with Gasteiger partial charge >= 0.3 is 140 Å². The first-order chi connectivity index (χ1) is 10.6. The van der Waals surface area contributed by atoms with Crippen LogP contribution in [0.1, 0.15) is 0 Å². The van der Waals surface area contributed by atoms with E-state index in [-0.39, 0.29) is 0 Å². The Morgan fingerprint density at radius 1 is 0.591 bits per heavy atom. The molecule has 0 saturated heterocycles. The van der Waals surface area contributed by atoms with Crippen LogP contribution in [0, 0.1) is 0 Å². The molecule has 0 aliphatic rings.